The highest BCUT2D eigenvalue weighted by molar-refractivity contribution is 6.04. The minimum absolute atomic E-state index is 0.0628. The minimum atomic E-state index is -0.206. The number of nitrogens with zero attached hydrogens (tertiary/aromatic N) is 3. The standard InChI is InChI=1S/C16H22N4O2/c1-6-10(2)22-14-9-13(7-8-17-14)16(21)18-15-11(3)12(4)19-20(15)5/h7-10H,6H2,1-5H3,(H,18,21)/t10-/m1/s1. The monoisotopic (exact) mass is 302 g/mol. The van der Waals surface area contributed by atoms with E-state index in [1.54, 1.807) is 30.1 Å². The molecule has 2 heterocycles. The summed E-state index contributed by atoms with van der Waals surface area (Å²) in [6, 6.07) is 3.32. The zero-order valence-electron chi connectivity index (χ0n) is 13.7. The van der Waals surface area contributed by atoms with Crippen molar-refractivity contribution >= 4 is 11.7 Å². The van der Waals surface area contributed by atoms with Gasteiger partial charge < -0.3 is 10.1 Å². The van der Waals surface area contributed by atoms with E-state index in [1.807, 2.05) is 27.7 Å². The van der Waals surface area contributed by atoms with Crippen molar-refractivity contribution in [2.24, 2.45) is 7.05 Å². The van der Waals surface area contributed by atoms with Crippen molar-refractivity contribution < 1.29 is 9.53 Å². The summed E-state index contributed by atoms with van der Waals surface area (Å²) in [5.41, 5.74) is 2.36. The van der Waals surface area contributed by atoms with E-state index in [2.05, 4.69) is 15.4 Å². The van der Waals surface area contributed by atoms with Crippen molar-refractivity contribution in [1.29, 1.82) is 0 Å². The minimum Gasteiger partial charge on any atom is -0.475 e. The van der Waals surface area contributed by atoms with E-state index < -0.39 is 0 Å². The van der Waals surface area contributed by atoms with E-state index in [1.165, 1.54) is 0 Å². The summed E-state index contributed by atoms with van der Waals surface area (Å²) in [6.07, 6.45) is 2.52. The molecule has 22 heavy (non-hydrogen) atoms. The van der Waals surface area contributed by atoms with Crippen LogP contribution in [0, 0.1) is 13.8 Å². The van der Waals surface area contributed by atoms with Crippen LogP contribution in [-0.2, 0) is 7.05 Å². The lowest BCUT2D eigenvalue weighted by atomic mass is 10.2. The van der Waals surface area contributed by atoms with Gasteiger partial charge in [-0.1, -0.05) is 6.92 Å². The molecule has 1 atom stereocenters. The molecule has 118 valence electrons. The maximum atomic E-state index is 12.4. The average Bonchev–Trinajstić information content (AvgIpc) is 2.73. The van der Waals surface area contributed by atoms with Crippen LogP contribution in [0.2, 0.25) is 0 Å². The molecular formula is C16H22N4O2. The van der Waals surface area contributed by atoms with E-state index in [0.29, 0.717) is 17.3 Å². The van der Waals surface area contributed by atoms with Gasteiger partial charge in [-0.15, -0.1) is 0 Å². The summed E-state index contributed by atoms with van der Waals surface area (Å²) < 4.78 is 7.31. The lowest BCUT2D eigenvalue weighted by Crippen LogP contribution is -2.16. The quantitative estimate of drug-likeness (QED) is 0.922. The molecule has 6 nitrogen and oxygen atoms in total. The number of rotatable bonds is 5. The molecule has 0 aromatic carbocycles. The molecule has 1 N–H and O–H groups in total. The molecule has 0 aliphatic heterocycles. The molecule has 2 rings (SSSR count). The second-order valence-corrected chi connectivity index (χ2v) is 5.36. The maximum absolute atomic E-state index is 12.4. The molecule has 6 heteroatoms. The zero-order chi connectivity index (χ0) is 16.3. The number of carbonyl (C=O) groups excluding carboxylic acids is 1. The van der Waals surface area contributed by atoms with Gasteiger partial charge in [-0.2, -0.15) is 5.10 Å². The van der Waals surface area contributed by atoms with Crippen molar-refractivity contribution in [3.8, 4) is 5.88 Å². The fraction of sp³-hybridized carbons (Fsp3) is 0.438. The number of pyridine rings is 1. The first-order chi connectivity index (χ1) is 10.4. The SMILES string of the molecule is CC[C@@H](C)Oc1cc(C(=O)Nc2c(C)c(C)nn2C)ccn1. The summed E-state index contributed by atoms with van der Waals surface area (Å²) in [5.74, 6) is 0.950. The van der Waals surface area contributed by atoms with E-state index in [0.717, 1.165) is 17.7 Å². The Morgan fingerprint density at radius 2 is 2.18 bits per heavy atom. The van der Waals surface area contributed by atoms with Gasteiger partial charge in [-0.3, -0.25) is 9.48 Å². The first kappa shape index (κ1) is 16.0. The third-order valence-corrected chi connectivity index (χ3v) is 3.65. The number of hydrogen-bond acceptors (Lipinski definition) is 4. The van der Waals surface area contributed by atoms with Crippen molar-refractivity contribution in [2.45, 2.75) is 40.2 Å². The second kappa shape index (κ2) is 6.60. The van der Waals surface area contributed by atoms with Crippen LogP contribution in [0.3, 0.4) is 0 Å². The molecule has 0 aliphatic carbocycles. The Kier molecular flexibility index (Phi) is 4.80. The Morgan fingerprint density at radius 1 is 1.45 bits per heavy atom. The van der Waals surface area contributed by atoms with Crippen LogP contribution in [0.5, 0.6) is 5.88 Å². The third-order valence-electron chi connectivity index (χ3n) is 3.65. The second-order valence-electron chi connectivity index (χ2n) is 5.36. The molecule has 0 fully saturated rings. The largest absolute Gasteiger partial charge is 0.475 e. The summed E-state index contributed by atoms with van der Waals surface area (Å²) in [6.45, 7) is 7.85. The molecular weight excluding hydrogens is 280 g/mol. The highest BCUT2D eigenvalue weighted by Gasteiger charge is 2.14. The van der Waals surface area contributed by atoms with Gasteiger partial charge in [0.05, 0.1) is 11.8 Å². The number of ether oxygens (including phenoxy) is 1. The number of aromatic nitrogens is 3. The van der Waals surface area contributed by atoms with Crippen LogP contribution < -0.4 is 10.1 Å². The Balaban J connectivity index is 2.17. The van der Waals surface area contributed by atoms with Gasteiger partial charge in [-0.05, 0) is 33.3 Å². The van der Waals surface area contributed by atoms with Gasteiger partial charge in [0.15, 0.2) is 0 Å². The number of hydrogen-bond donors (Lipinski definition) is 1. The van der Waals surface area contributed by atoms with Gasteiger partial charge >= 0.3 is 0 Å². The van der Waals surface area contributed by atoms with Crippen LogP contribution in [-0.4, -0.2) is 26.8 Å². The van der Waals surface area contributed by atoms with Crippen LogP contribution >= 0.6 is 0 Å². The average molecular weight is 302 g/mol. The van der Waals surface area contributed by atoms with E-state index in [9.17, 15) is 4.79 Å². The van der Waals surface area contributed by atoms with Gasteiger partial charge in [0.1, 0.15) is 5.82 Å². The molecule has 0 spiro atoms. The van der Waals surface area contributed by atoms with Crippen LogP contribution in [0.25, 0.3) is 0 Å². The van der Waals surface area contributed by atoms with Gasteiger partial charge in [0.25, 0.3) is 5.91 Å². The third kappa shape index (κ3) is 3.44. The number of carbonyl (C=O) groups is 1. The summed E-state index contributed by atoms with van der Waals surface area (Å²) in [7, 11) is 1.81. The Morgan fingerprint density at radius 3 is 2.77 bits per heavy atom. The summed E-state index contributed by atoms with van der Waals surface area (Å²) >= 11 is 0. The summed E-state index contributed by atoms with van der Waals surface area (Å²) in [5, 5.41) is 7.18. The maximum Gasteiger partial charge on any atom is 0.257 e. The Bertz CT molecular complexity index is 679. The smallest absolute Gasteiger partial charge is 0.257 e. The summed E-state index contributed by atoms with van der Waals surface area (Å²) in [4.78, 5) is 16.5. The van der Waals surface area contributed by atoms with E-state index in [-0.39, 0.29) is 12.0 Å². The predicted octanol–water partition coefficient (Wildman–Crippen LogP) is 2.86. The number of nitrogens with one attached hydrogen (secondary N) is 1. The number of amides is 1. The fourth-order valence-corrected chi connectivity index (χ4v) is 2.02. The highest BCUT2D eigenvalue weighted by Crippen LogP contribution is 2.19. The van der Waals surface area contributed by atoms with Crippen molar-refractivity contribution in [3.63, 3.8) is 0 Å². The topological polar surface area (TPSA) is 69.0 Å². The van der Waals surface area contributed by atoms with E-state index >= 15 is 0 Å². The van der Waals surface area contributed by atoms with Crippen LogP contribution in [0.4, 0.5) is 5.82 Å². The lowest BCUT2D eigenvalue weighted by Gasteiger charge is -2.12. The van der Waals surface area contributed by atoms with Gasteiger partial charge in [0.2, 0.25) is 5.88 Å². The molecule has 0 bridgehead atoms. The zero-order valence-corrected chi connectivity index (χ0v) is 13.7. The normalized spacial score (nSPS) is 12.0. The van der Waals surface area contributed by atoms with Crippen LogP contribution in [0.1, 0.15) is 41.9 Å². The van der Waals surface area contributed by atoms with Crippen molar-refractivity contribution in [1.82, 2.24) is 14.8 Å². The predicted molar refractivity (Wildman–Crippen MR) is 85.3 cm³/mol. The van der Waals surface area contributed by atoms with Crippen LogP contribution in [0.15, 0.2) is 18.3 Å². The molecule has 0 saturated carbocycles. The Labute approximate surface area is 130 Å². The number of anilines is 1. The molecule has 2 aromatic rings. The molecule has 0 aliphatic rings. The fourth-order valence-electron chi connectivity index (χ4n) is 2.02. The van der Waals surface area contributed by atoms with E-state index in [4.69, 9.17) is 4.74 Å². The highest BCUT2D eigenvalue weighted by atomic mass is 16.5. The van der Waals surface area contributed by atoms with Gasteiger partial charge in [-0.25, -0.2) is 4.98 Å². The number of aryl methyl sites for hydroxylation is 2. The molecule has 2 aromatic heterocycles. The van der Waals surface area contributed by atoms with Crippen molar-refractivity contribution in [3.05, 3.63) is 35.2 Å². The first-order valence-corrected chi connectivity index (χ1v) is 7.36. The van der Waals surface area contributed by atoms with Crippen molar-refractivity contribution in [2.75, 3.05) is 5.32 Å². The molecule has 0 unspecified atom stereocenters. The lowest BCUT2D eigenvalue weighted by molar-refractivity contribution is 0.102. The first-order valence-electron chi connectivity index (χ1n) is 7.36. The molecule has 1 amide bonds. The molecule has 0 saturated heterocycles. The molecule has 0 radical (unpaired) electrons. The van der Waals surface area contributed by atoms with Gasteiger partial charge in [0, 0.05) is 30.4 Å². The Hall–Kier alpha value is -2.37.